The summed E-state index contributed by atoms with van der Waals surface area (Å²) in [5, 5.41) is 0. The minimum Gasteiger partial charge on any atom is -0.343 e. The van der Waals surface area contributed by atoms with E-state index in [-0.39, 0.29) is 51.0 Å². The summed E-state index contributed by atoms with van der Waals surface area (Å²) in [6.45, 7) is 11.4. The fourth-order valence-electron chi connectivity index (χ4n) is 0. The van der Waals surface area contributed by atoms with Crippen LogP contribution in [0.3, 0.4) is 0 Å². The molecule has 0 heterocycles. The van der Waals surface area contributed by atoms with Gasteiger partial charge in [0.15, 0.2) is 0 Å². The molecule has 0 amide bonds. The molecule has 0 unspecified atom stereocenters. The van der Waals surface area contributed by atoms with Crippen LogP contribution in [0.25, 0.3) is 0 Å². The van der Waals surface area contributed by atoms with Crippen molar-refractivity contribution < 1.29 is 26.2 Å². The summed E-state index contributed by atoms with van der Waals surface area (Å²) in [4.78, 5) is 0. The van der Waals surface area contributed by atoms with E-state index in [1.54, 1.807) is 0 Å². The second-order valence-electron chi connectivity index (χ2n) is 1.71. The Bertz CT molecular complexity index is 20.1. The predicted molar refractivity (Wildman–Crippen MR) is 55.0 cm³/mol. The number of hydrogen-bond donors (Lipinski definition) is 0. The monoisotopic (exact) mass is 276 g/mol. The third-order valence-electron chi connectivity index (χ3n) is 0.707. The van der Waals surface area contributed by atoms with E-state index in [0.29, 0.717) is 0 Å². The van der Waals surface area contributed by atoms with Crippen LogP contribution < -0.4 is 0 Å². The SMILES string of the molecule is Cl.Cl.[CH2-]CCC.[CH2-]CCC.[Zr+2]. The van der Waals surface area contributed by atoms with Crippen molar-refractivity contribution in [3.63, 3.8) is 0 Å². The van der Waals surface area contributed by atoms with Gasteiger partial charge in [0.2, 0.25) is 0 Å². The van der Waals surface area contributed by atoms with Crippen molar-refractivity contribution in [3.8, 4) is 0 Å². The maximum Gasteiger partial charge on any atom is 2.00 e. The van der Waals surface area contributed by atoms with Crippen LogP contribution in [-0.4, -0.2) is 0 Å². The zero-order valence-corrected chi connectivity index (χ0v) is 11.7. The van der Waals surface area contributed by atoms with E-state index in [1.807, 2.05) is 0 Å². The largest absolute Gasteiger partial charge is 2.00 e. The molecule has 0 saturated heterocycles. The van der Waals surface area contributed by atoms with E-state index in [1.165, 1.54) is 12.8 Å². The van der Waals surface area contributed by atoms with Crippen LogP contribution in [0.15, 0.2) is 0 Å². The summed E-state index contributed by atoms with van der Waals surface area (Å²) in [6, 6.07) is 0. The average Bonchev–Trinajstić information content (AvgIpc) is 1.88. The van der Waals surface area contributed by atoms with E-state index >= 15 is 0 Å². The molecule has 0 saturated carbocycles. The van der Waals surface area contributed by atoms with Crippen LogP contribution in [0.4, 0.5) is 0 Å². The normalized spacial score (nSPS) is 5.45. The molecule has 0 N–H and O–H groups in total. The second kappa shape index (κ2) is 42.0. The number of rotatable bonds is 2. The van der Waals surface area contributed by atoms with Gasteiger partial charge in [-0.05, 0) is 0 Å². The Balaban J connectivity index is -0.0000000171. The van der Waals surface area contributed by atoms with Gasteiger partial charge >= 0.3 is 26.2 Å². The summed E-state index contributed by atoms with van der Waals surface area (Å²) in [5.41, 5.74) is 0. The van der Waals surface area contributed by atoms with Gasteiger partial charge in [0, 0.05) is 0 Å². The fourth-order valence-corrected chi connectivity index (χ4v) is 0. The zero-order valence-electron chi connectivity index (χ0n) is 7.56. The minimum absolute atomic E-state index is 0. The van der Waals surface area contributed by atoms with Crippen molar-refractivity contribution in [3.05, 3.63) is 13.8 Å². The summed E-state index contributed by atoms with van der Waals surface area (Å²) in [7, 11) is 0. The molecule has 0 nitrogen and oxygen atoms in total. The van der Waals surface area contributed by atoms with Gasteiger partial charge in [-0.15, -0.1) is 24.8 Å². The first-order chi connectivity index (χ1) is 3.83. The number of halogens is 2. The van der Waals surface area contributed by atoms with Gasteiger partial charge in [-0.1, -0.05) is 26.7 Å². The Morgan fingerprint density at radius 1 is 0.818 bits per heavy atom. The van der Waals surface area contributed by atoms with Crippen molar-refractivity contribution in [1.29, 1.82) is 0 Å². The van der Waals surface area contributed by atoms with Gasteiger partial charge in [-0.2, -0.15) is 12.8 Å². The van der Waals surface area contributed by atoms with Gasteiger partial charge in [0.05, 0.1) is 0 Å². The average molecular weight is 278 g/mol. The topological polar surface area (TPSA) is 0 Å². The van der Waals surface area contributed by atoms with Crippen LogP contribution in [0, 0.1) is 13.8 Å². The standard InChI is InChI=1S/2C4H9.2ClH.Zr/c2*1-3-4-2;;;/h2*1,3-4H2,2H3;2*1H;/q2*-1;;;+2. The third kappa shape index (κ3) is 85.6. The minimum atomic E-state index is 0. The van der Waals surface area contributed by atoms with E-state index in [9.17, 15) is 0 Å². The van der Waals surface area contributed by atoms with E-state index in [4.69, 9.17) is 0 Å². The summed E-state index contributed by atoms with van der Waals surface area (Å²) in [6.07, 6.45) is 4.56. The van der Waals surface area contributed by atoms with Crippen LogP contribution >= 0.6 is 24.8 Å². The Kier molecular flexibility index (Phi) is 112. The molecule has 0 fully saturated rings. The molecule has 70 valence electrons. The molecular weight excluding hydrogens is 258 g/mol. The van der Waals surface area contributed by atoms with Crippen LogP contribution in [-0.2, 0) is 26.2 Å². The van der Waals surface area contributed by atoms with Crippen LogP contribution in [0.2, 0.25) is 0 Å². The van der Waals surface area contributed by atoms with Gasteiger partial charge in [0.25, 0.3) is 0 Å². The number of unbranched alkanes of at least 4 members (excludes halogenated alkanes) is 2. The molecule has 0 aliphatic carbocycles. The Morgan fingerprint density at radius 3 is 0.909 bits per heavy atom. The van der Waals surface area contributed by atoms with Crippen LogP contribution in [0.1, 0.15) is 39.5 Å². The Hall–Kier alpha value is 1.46. The summed E-state index contributed by atoms with van der Waals surface area (Å²) in [5.74, 6) is 0. The van der Waals surface area contributed by atoms with Gasteiger partial charge < -0.3 is 13.8 Å². The molecule has 0 rings (SSSR count). The van der Waals surface area contributed by atoms with Crippen molar-refractivity contribution in [2.45, 2.75) is 39.5 Å². The smallest absolute Gasteiger partial charge is 0.343 e. The molecule has 3 heteroatoms. The zero-order chi connectivity index (χ0) is 6.83. The molecule has 0 spiro atoms. The molecule has 0 atom stereocenters. The van der Waals surface area contributed by atoms with Crippen molar-refractivity contribution in [2.75, 3.05) is 0 Å². The van der Waals surface area contributed by atoms with Gasteiger partial charge in [-0.3, -0.25) is 0 Å². The summed E-state index contributed by atoms with van der Waals surface area (Å²) < 4.78 is 0. The molecule has 0 aliphatic heterocycles. The second-order valence-corrected chi connectivity index (χ2v) is 1.71. The maximum absolute atomic E-state index is 3.60. The maximum atomic E-state index is 3.60. The third-order valence-corrected chi connectivity index (χ3v) is 0.707. The van der Waals surface area contributed by atoms with Gasteiger partial charge in [-0.25, -0.2) is 0 Å². The predicted octanol–water partition coefficient (Wildman–Crippen LogP) is 4.08. The van der Waals surface area contributed by atoms with Crippen molar-refractivity contribution in [2.24, 2.45) is 0 Å². The molecule has 11 heavy (non-hydrogen) atoms. The first-order valence-corrected chi connectivity index (χ1v) is 3.41. The van der Waals surface area contributed by atoms with E-state index in [0.717, 1.165) is 12.8 Å². The first-order valence-electron chi connectivity index (χ1n) is 3.41. The molecular formula is C8H20Cl2Zr. The quantitative estimate of drug-likeness (QED) is 0.668. The summed E-state index contributed by atoms with van der Waals surface area (Å²) >= 11 is 0. The molecule has 0 bridgehead atoms. The van der Waals surface area contributed by atoms with Gasteiger partial charge in [0.1, 0.15) is 0 Å². The molecule has 0 aromatic heterocycles. The van der Waals surface area contributed by atoms with E-state index < -0.39 is 0 Å². The molecule has 0 aromatic carbocycles. The Labute approximate surface area is 104 Å². The van der Waals surface area contributed by atoms with E-state index in [2.05, 4.69) is 27.7 Å². The van der Waals surface area contributed by atoms with Crippen LogP contribution in [0.5, 0.6) is 0 Å². The first kappa shape index (κ1) is 29.4. The number of hydrogen-bond acceptors (Lipinski definition) is 0. The molecule has 0 aliphatic rings. The Morgan fingerprint density at radius 2 is 0.909 bits per heavy atom. The van der Waals surface area contributed by atoms with Crippen molar-refractivity contribution >= 4 is 24.8 Å². The molecule has 0 radical (unpaired) electrons. The molecule has 0 aromatic rings. The fraction of sp³-hybridized carbons (Fsp3) is 0.750. The van der Waals surface area contributed by atoms with Crippen molar-refractivity contribution in [1.82, 2.24) is 0 Å².